The molecular formula is C13H21N3. The van der Waals surface area contributed by atoms with E-state index in [1.807, 2.05) is 7.05 Å². The van der Waals surface area contributed by atoms with Gasteiger partial charge < -0.3 is 9.88 Å². The fourth-order valence-corrected chi connectivity index (χ4v) is 1.69. The van der Waals surface area contributed by atoms with Gasteiger partial charge in [-0.3, -0.25) is 0 Å². The van der Waals surface area contributed by atoms with Crippen molar-refractivity contribution in [3.63, 3.8) is 0 Å². The highest BCUT2D eigenvalue weighted by Crippen LogP contribution is 2.20. The van der Waals surface area contributed by atoms with Crippen LogP contribution < -0.4 is 5.32 Å². The van der Waals surface area contributed by atoms with E-state index >= 15 is 0 Å². The molecule has 88 valence electrons. The SMILES string of the molecule is Cn1ccc(CNCC(C)(C)CCC#N)c1. The first kappa shape index (κ1) is 12.8. The second-order valence-electron chi connectivity index (χ2n) is 5.11. The summed E-state index contributed by atoms with van der Waals surface area (Å²) in [6.07, 6.45) is 5.76. The van der Waals surface area contributed by atoms with Crippen LogP contribution in [-0.2, 0) is 13.6 Å². The maximum absolute atomic E-state index is 8.56. The van der Waals surface area contributed by atoms with Gasteiger partial charge in [-0.2, -0.15) is 5.26 Å². The molecule has 16 heavy (non-hydrogen) atoms. The van der Waals surface area contributed by atoms with Gasteiger partial charge in [0.05, 0.1) is 6.07 Å². The fourth-order valence-electron chi connectivity index (χ4n) is 1.69. The zero-order chi connectivity index (χ0) is 12.0. The van der Waals surface area contributed by atoms with E-state index in [0.717, 1.165) is 19.5 Å². The van der Waals surface area contributed by atoms with E-state index in [4.69, 9.17) is 5.26 Å². The van der Waals surface area contributed by atoms with E-state index in [2.05, 4.69) is 48.3 Å². The first-order chi connectivity index (χ1) is 7.53. The lowest BCUT2D eigenvalue weighted by Gasteiger charge is -2.23. The molecule has 0 bridgehead atoms. The highest BCUT2D eigenvalue weighted by atomic mass is 14.9. The molecule has 0 aliphatic carbocycles. The summed E-state index contributed by atoms with van der Waals surface area (Å²) in [7, 11) is 2.03. The number of hydrogen-bond acceptors (Lipinski definition) is 2. The maximum Gasteiger partial charge on any atom is 0.0621 e. The summed E-state index contributed by atoms with van der Waals surface area (Å²) in [4.78, 5) is 0. The minimum atomic E-state index is 0.199. The van der Waals surface area contributed by atoms with Crippen molar-refractivity contribution in [1.29, 1.82) is 5.26 Å². The minimum Gasteiger partial charge on any atom is -0.357 e. The van der Waals surface area contributed by atoms with Crippen LogP contribution in [0.5, 0.6) is 0 Å². The van der Waals surface area contributed by atoms with Gasteiger partial charge in [0.15, 0.2) is 0 Å². The van der Waals surface area contributed by atoms with Gasteiger partial charge in [0.1, 0.15) is 0 Å². The highest BCUT2D eigenvalue weighted by molar-refractivity contribution is 5.09. The Kier molecular flexibility index (Phi) is 4.57. The van der Waals surface area contributed by atoms with Crippen LogP contribution >= 0.6 is 0 Å². The Balaban J connectivity index is 2.27. The predicted molar refractivity (Wildman–Crippen MR) is 65.7 cm³/mol. The Bertz CT molecular complexity index is 357. The van der Waals surface area contributed by atoms with Crippen molar-refractivity contribution in [3.8, 4) is 6.07 Å². The standard InChI is InChI=1S/C13H21N3/c1-13(2,6-4-7-14)11-15-9-12-5-8-16(3)10-12/h5,8,10,15H,4,6,9,11H2,1-3H3. The van der Waals surface area contributed by atoms with Crippen molar-refractivity contribution in [2.45, 2.75) is 33.2 Å². The van der Waals surface area contributed by atoms with Gasteiger partial charge in [0.2, 0.25) is 0 Å². The quantitative estimate of drug-likeness (QED) is 0.798. The van der Waals surface area contributed by atoms with Crippen molar-refractivity contribution < 1.29 is 0 Å². The zero-order valence-electron chi connectivity index (χ0n) is 10.5. The molecule has 0 aromatic carbocycles. The average molecular weight is 219 g/mol. The van der Waals surface area contributed by atoms with Crippen LogP contribution in [0.15, 0.2) is 18.5 Å². The fraction of sp³-hybridized carbons (Fsp3) is 0.615. The normalized spacial score (nSPS) is 11.4. The van der Waals surface area contributed by atoms with Gasteiger partial charge in [0, 0.05) is 39.0 Å². The Hall–Kier alpha value is -1.27. The monoisotopic (exact) mass is 219 g/mol. The summed E-state index contributed by atoms with van der Waals surface area (Å²) in [5, 5.41) is 12.0. The van der Waals surface area contributed by atoms with Gasteiger partial charge >= 0.3 is 0 Å². The maximum atomic E-state index is 8.56. The van der Waals surface area contributed by atoms with Gasteiger partial charge in [-0.1, -0.05) is 13.8 Å². The van der Waals surface area contributed by atoms with E-state index < -0.39 is 0 Å². The molecule has 0 saturated carbocycles. The molecule has 0 aliphatic heterocycles. The molecule has 1 rings (SSSR count). The second-order valence-corrected chi connectivity index (χ2v) is 5.11. The van der Waals surface area contributed by atoms with E-state index in [0.29, 0.717) is 6.42 Å². The molecule has 0 radical (unpaired) electrons. The topological polar surface area (TPSA) is 40.8 Å². The molecule has 0 aliphatic rings. The number of nitrogens with one attached hydrogen (secondary N) is 1. The summed E-state index contributed by atoms with van der Waals surface area (Å²) in [5.74, 6) is 0. The van der Waals surface area contributed by atoms with Gasteiger partial charge in [-0.15, -0.1) is 0 Å². The molecule has 0 amide bonds. The first-order valence-corrected chi connectivity index (χ1v) is 5.72. The molecule has 1 aromatic heterocycles. The first-order valence-electron chi connectivity index (χ1n) is 5.72. The molecule has 1 heterocycles. The number of hydrogen-bond donors (Lipinski definition) is 1. The van der Waals surface area contributed by atoms with Crippen LogP contribution in [0.3, 0.4) is 0 Å². The van der Waals surface area contributed by atoms with Crippen LogP contribution in [-0.4, -0.2) is 11.1 Å². The molecule has 0 unspecified atom stereocenters. The van der Waals surface area contributed by atoms with E-state index in [9.17, 15) is 0 Å². The van der Waals surface area contributed by atoms with Crippen LogP contribution in [0.2, 0.25) is 0 Å². The summed E-state index contributed by atoms with van der Waals surface area (Å²) >= 11 is 0. The predicted octanol–water partition coefficient (Wildman–Crippen LogP) is 2.44. The van der Waals surface area contributed by atoms with Crippen molar-refractivity contribution in [1.82, 2.24) is 9.88 Å². The Morgan fingerprint density at radius 1 is 1.50 bits per heavy atom. The van der Waals surface area contributed by atoms with Crippen LogP contribution in [0.4, 0.5) is 0 Å². The molecule has 1 N–H and O–H groups in total. The molecule has 0 spiro atoms. The molecular weight excluding hydrogens is 198 g/mol. The van der Waals surface area contributed by atoms with Crippen molar-refractivity contribution in [2.75, 3.05) is 6.54 Å². The van der Waals surface area contributed by atoms with E-state index in [1.54, 1.807) is 0 Å². The van der Waals surface area contributed by atoms with Crippen molar-refractivity contribution in [3.05, 3.63) is 24.0 Å². The molecule has 0 saturated heterocycles. The zero-order valence-corrected chi connectivity index (χ0v) is 10.5. The Morgan fingerprint density at radius 2 is 2.25 bits per heavy atom. The lowest BCUT2D eigenvalue weighted by molar-refractivity contribution is 0.317. The molecule has 3 nitrogen and oxygen atoms in total. The van der Waals surface area contributed by atoms with Gasteiger partial charge in [0.25, 0.3) is 0 Å². The number of rotatable bonds is 6. The number of aromatic nitrogens is 1. The second kappa shape index (κ2) is 5.72. The number of aryl methyl sites for hydroxylation is 1. The number of nitriles is 1. The molecule has 0 atom stereocenters. The Morgan fingerprint density at radius 3 is 2.81 bits per heavy atom. The van der Waals surface area contributed by atoms with Gasteiger partial charge in [-0.25, -0.2) is 0 Å². The van der Waals surface area contributed by atoms with Crippen molar-refractivity contribution >= 4 is 0 Å². The van der Waals surface area contributed by atoms with Crippen molar-refractivity contribution in [2.24, 2.45) is 12.5 Å². The third-order valence-corrected chi connectivity index (χ3v) is 2.74. The lowest BCUT2D eigenvalue weighted by atomic mass is 9.88. The smallest absolute Gasteiger partial charge is 0.0621 e. The molecule has 1 aromatic rings. The molecule has 0 fully saturated rings. The summed E-state index contributed by atoms with van der Waals surface area (Å²) in [6.45, 7) is 6.24. The largest absolute Gasteiger partial charge is 0.357 e. The van der Waals surface area contributed by atoms with Crippen LogP contribution in [0, 0.1) is 16.7 Å². The van der Waals surface area contributed by atoms with Crippen LogP contribution in [0.25, 0.3) is 0 Å². The number of nitrogens with zero attached hydrogens (tertiary/aromatic N) is 2. The minimum absolute atomic E-state index is 0.199. The average Bonchev–Trinajstić information content (AvgIpc) is 2.61. The third-order valence-electron chi connectivity index (χ3n) is 2.74. The van der Waals surface area contributed by atoms with Crippen LogP contribution in [0.1, 0.15) is 32.3 Å². The Labute approximate surface area is 98.1 Å². The van der Waals surface area contributed by atoms with E-state index in [1.165, 1.54) is 5.56 Å². The lowest BCUT2D eigenvalue weighted by Crippen LogP contribution is -2.28. The summed E-state index contributed by atoms with van der Waals surface area (Å²) < 4.78 is 2.05. The molecule has 3 heteroatoms. The summed E-state index contributed by atoms with van der Waals surface area (Å²) in [6, 6.07) is 4.32. The summed E-state index contributed by atoms with van der Waals surface area (Å²) in [5.41, 5.74) is 1.50. The highest BCUT2D eigenvalue weighted by Gasteiger charge is 2.16. The van der Waals surface area contributed by atoms with Gasteiger partial charge in [-0.05, 0) is 23.5 Å². The van der Waals surface area contributed by atoms with E-state index in [-0.39, 0.29) is 5.41 Å². The third kappa shape index (κ3) is 4.50.